The Labute approximate surface area is 170 Å². The van der Waals surface area contributed by atoms with Crippen LogP contribution in [0.25, 0.3) is 0 Å². The molecular formula is C21H16N4O5. The van der Waals surface area contributed by atoms with Crippen molar-refractivity contribution in [2.75, 3.05) is 0 Å². The Bertz CT molecular complexity index is 1280. The molecular weight excluding hydrogens is 388 g/mol. The van der Waals surface area contributed by atoms with Crippen LogP contribution < -0.4 is 16.0 Å². The zero-order chi connectivity index (χ0) is 21.4. The van der Waals surface area contributed by atoms with Gasteiger partial charge in [0.15, 0.2) is 0 Å². The average molecular weight is 404 g/mol. The molecule has 0 bridgehead atoms. The van der Waals surface area contributed by atoms with Gasteiger partial charge in [-0.05, 0) is 18.6 Å². The van der Waals surface area contributed by atoms with Crippen LogP contribution in [0.5, 0.6) is 5.75 Å². The number of hydrogen-bond donors (Lipinski definition) is 1. The molecule has 0 radical (unpaired) electrons. The van der Waals surface area contributed by atoms with Gasteiger partial charge >= 0.3 is 5.88 Å². The summed E-state index contributed by atoms with van der Waals surface area (Å²) in [5.74, 6) is -1.41. The molecule has 4 rings (SSSR count). The Morgan fingerprint density at radius 1 is 1.27 bits per heavy atom. The van der Waals surface area contributed by atoms with Crippen molar-refractivity contribution >= 4 is 5.88 Å². The van der Waals surface area contributed by atoms with Crippen molar-refractivity contribution in [3.05, 3.63) is 103 Å². The summed E-state index contributed by atoms with van der Waals surface area (Å²) in [6.07, 6.45) is 0. The number of aryl methyl sites for hydroxylation is 1. The van der Waals surface area contributed by atoms with Crippen LogP contribution >= 0.6 is 0 Å². The van der Waals surface area contributed by atoms with Crippen molar-refractivity contribution in [1.29, 1.82) is 5.26 Å². The highest BCUT2D eigenvalue weighted by Gasteiger charge is 2.37. The number of benzene rings is 1. The minimum Gasteiger partial charge on any atom is -0.440 e. The molecule has 0 saturated carbocycles. The smallest absolute Gasteiger partial charge is 0.433 e. The second-order valence-electron chi connectivity index (χ2n) is 6.80. The molecule has 0 fully saturated rings. The van der Waals surface area contributed by atoms with Crippen molar-refractivity contribution in [2.45, 2.75) is 19.4 Å². The number of ether oxygens (including phenoxy) is 1. The zero-order valence-electron chi connectivity index (χ0n) is 15.9. The number of nitrogens with two attached hydrogens (primary N) is 1. The quantitative estimate of drug-likeness (QED) is 0.521. The summed E-state index contributed by atoms with van der Waals surface area (Å²) in [7, 11) is 0. The summed E-state index contributed by atoms with van der Waals surface area (Å²) in [6, 6.07) is 15.6. The number of nitriles is 1. The average Bonchev–Trinajstić information content (AvgIpc) is 3.21. The third kappa shape index (κ3) is 3.10. The fraction of sp³-hybridized carbons (Fsp3) is 0.143. The zero-order valence-corrected chi connectivity index (χ0v) is 15.9. The van der Waals surface area contributed by atoms with E-state index in [9.17, 15) is 20.2 Å². The standard InChI is InChI=1S/C21H16N4O5/c1-12-9-16-19(21(26)24(12)11-13-5-3-2-4-6-13)18(14(10-22)20(23)30-16)15-7-8-17(29-15)25(27)28/h2-9,18H,11,23H2,1H3/t18-/m1/s1. The predicted molar refractivity (Wildman–Crippen MR) is 106 cm³/mol. The van der Waals surface area contributed by atoms with E-state index in [4.69, 9.17) is 14.9 Å². The van der Waals surface area contributed by atoms with Gasteiger partial charge in [0, 0.05) is 11.8 Å². The van der Waals surface area contributed by atoms with E-state index in [2.05, 4.69) is 0 Å². The third-order valence-electron chi connectivity index (χ3n) is 4.95. The number of furan rings is 1. The maximum Gasteiger partial charge on any atom is 0.433 e. The lowest BCUT2D eigenvalue weighted by Gasteiger charge is -2.25. The Balaban J connectivity index is 1.92. The van der Waals surface area contributed by atoms with Crippen LogP contribution in [0.1, 0.15) is 28.5 Å². The highest BCUT2D eigenvalue weighted by molar-refractivity contribution is 5.54. The van der Waals surface area contributed by atoms with Crippen LogP contribution in [0.15, 0.2) is 69.2 Å². The van der Waals surface area contributed by atoms with Gasteiger partial charge in [0.1, 0.15) is 28.1 Å². The number of fused-ring (bicyclic) bond motifs is 1. The molecule has 0 aliphatic carbocycles. The number of nitro groups is 1. The Kier molecular flexibility index (Phi) is 4.60. The van der Waals surface area contributed by atoms with Crippen molar-refractivity contribution < 1.29 is 14.1 Å². The molecule has 1 aliphatic rings. The number of aromatic nitrogens is 1. The summed E-state index contributed by atoms with van der Waals surface area (Å²) in [6.45, 7) is 2.07. The molecule has 9 heteroatoms. The first kappa shape index (κ1) is 19.0. The SMILES string of the molecule is Cc1cc2c(c(=O)n1Cc1ccccc1)[C@@H](c1ccc([N+](=O)[O-])o1)C(C#N)=C(N)O2. The summed E-state index contributed by atoms with van der Waals surface area (Å²) in [5, 5.41) is 20.7. The Morgan fingerprint density at radius 2 is 2.00 bits per heavy atom. The molecule has 2 N–H and O–H groups in total. The van der Waals surface area contributed by atoms with Gasteiger partial charge in [-0.25, -0.2) is 0 Å². The first-order valence-electron chi connectivity index (χ1n) is 9.00. The predicted octanol–water partition coefficient (Wildman–Crippen LogP) is 2.92. The first-order chi connectivity index (χ1) is 14.4. The fourth-order valence-electron chi connectivity index (χ4n) is 3.53. The van der Waals surface area contributed by atoms with Gasteiger partial charge in [-0.1, -0.05) is 30.3 Å². The van der Waals surface area contributed by atoms with Gasteiger partial charge in [0.05, 0.1) is 24.1 Å². The van der Waals surface area contributed by atoms with Crippen LogP contribution in [0.3, 0.4) is 0 Å². The first-order valence-corrected chi connectivity index (χ1v) is 9.00. The lowest BCUT2D eigenvalue weighted by atomic mass is 9.88. The third-order valence-corrected chi connectivity index (χ3v) is 4.95. The minimum absolute atomic E-state index is 0.0426. The maximum absolute atomic E-state index is 13.5. The van der Waals surface area contributed by atoms with E-state index >= 15 is 0 Å². The van der Waals surface area contributed by atoms with E-state index < -0.39 is 22.3 Å². The minimum atomic E-state index is -1.01. The molecule has 2 aromatic heterocycles. The van der Waals surface area contributed by atoms with E-state index in [0.29, 0.717) is 12.2 Å². The molecule has 1 aliphatic heterocycles. The van der Waals surface area contributed by atoms with E-state index in [1.807, 2.05) is 36.4 Å². The van der Waals surface area contributed by atoms with Crippen molar-refractivity contribution in [2.24, 2.45) is 5.73 Å². The molecule has 3 heterocycles. The molecule has 1 aromatic carbocycles. The highest BCUT2D eigenvalue weighted by atomic mass is 16.6. The molecule has 9 nitrogen and oxygen atoms in total. The molecule has 0 unspecified atom stereocenters. The van der Waals surface area contributed by atoms with Crippen LogP contribution in [0.4, 0.5) is 5.88 Å². The van der Waals surface area contributed by atoms with Gasteiger partial charge in [-0.3, -0.25) is 14.9 Å². The van der Waals surface area contributed by atoms with Crippen LogP contribution in [0.2, 0.25) is 0 Å². The van der Waals surface area contributed by atoms with Crippen LogP contribution in [-0.2, 0) is 6.54 Å². The van der Waals surface area contributed by atoms with Gasteiger partial charge in [0.2, 0.25) is 5.88 Å². The molecule has 3 aromatic rings. The molecule has 0 spiro atoms. The number of rotatable bonds is 4. The number of hydrogen-bond acceptors (Lipinski definition) is 7. The number of pyridine rings is 1. The molecule has 150 valence electrons. The topological polar surface area (TPSA) is 137 Å². The van der Waals surface area contributed by atoms with E-state index in [1.165, 1.54) is 12.1 Å². The Hall–Kier alpha value is -4.32. The Morgan fingerprint density at radius 3 is 2.63 bits per heavy atom. The second-order valence-corrected chi connectivity index (χ2v) is 6.80. The number of allylic oxidation sites excluding steroid dienone is 1. The maximum atomic E-state index is 13.5. The molecule has 30 heavy (non-hydrogen) atoms. The number of nitrogens with zero attached hydrogens (tertiary/aromatic N) is 3. The van der Waals surface area contributed by atoms with Crippen molar-refractivity contribution in [3.63, 3.8) is 0 Å². The lowest BCUT2D eigenvalue weighted by Crippen LogP contribution is -2.32. The molecule has 0 amide bonds. The van der Waals surface area contributed by atoms with Gasteiger partial charge in [-0.15, -0.1) is 0 Å². The van der Waals surface area contributed by atoms with E-state index in [-0.39, 0.29) is 28.5 Å². The van der Waals surface area contributed by atoms with E-state index in [1.54, 1.807) is 17.6 Å². The fourth-order valence-corrected chi connectivity index (χ4v) is 3.53. The molecule has 0 saturated heterocycles. The second kappa shape index (κ2) is 7.25. The van der Waals surface area contributed by atoms with Gasteiger partial charge in [-0.2, -0.15) is 5.26 Å². The van der Waals surface area contributed by atoms with Gasteiger partial charge in [0.25, 0.3) is 5.56 Å². The largest absolute Gasteiger partial charge is 0.440 e. The summed E-state index contributed by atoms with van der Waals surface area (Å²) in [4.78, 5) is 23.8. The highest BCUT2D eigenvalue weighted by Crippen LogP contribution is 2.41. The normalized spacial score (nSPS) is 15.3. The summed E-state index contributed by atoms with van der Waals surface area (Å²) in [5.41, 5.74) is 7.18. The molecule has 1 atom stereocenters. The summed E-state index contributed by atoms with van der Waals surface area (Å²) >= 11 is 0. The lowest BCUT2D eigenvalue weighted by molar-refractivity contribution is -0.402. The van der Waals surface area contributed by atoms with E-state index in [0.717, 1.165) is 5.56 Å². The van der Waals surface area contributed by atoms with Gasteiger partial charge < -0.3 is 19.5 Å². The summed E-state index contributed by atoms with van der Waals surface area (Å²) < 4.78 is 12.4. The van der Waals surface area contributed by atoms with Crippen molar-refractivity contribution in [1.82, 2.24) is 4.57 Å². The van der Waals surface area contributed by atoms with Crippen molar-refractivity contribution in [3.8, 4) is 11.8 Å². The van der Waals surface area contributed by atoms with Crippen LogP contribution in [0, 0.1) is 28.4 Å². The monoisotopic (exact) mass is 404 g/mol. The van der Waals surface area contributed by atoms with Crippen LogP contribution in [-0.4, -0.2) is 9.49 Å².